The summed E-state index contributed by atoms with van der Waals surface area (Å²) < 4.78 is 4.97. The van der Waals surface area contributed by atoms with E-state index in [4.69, 9.17) is 10.00 Å². The Morgan fingerprint density at radius 3 is 2.82 bits per heavy atom. The molecule has 90 valence electrons. The molecule has 0 radical (unpaired) electrons. The first-order valence-electron chi connectivity index (χ1n) is 5.45. The lowest BCUT2D eigenvalue weighted by atomic mass is 10.1. The summed E-state index contributed by atoms with van der Waals surface area (Å²) in [4.78, 5) is 11.7. The van der Waals surface area contributed by atoms with Gasteiger partial charge in [-0.05, 0) is 39.0 Å². The van der Waals surface area contributed by atoms with E-state index in [1.165, 1.54) is 0 Å². The molecular weight excluding hydrogens is 216 g/mol. The summed E-state index contributed by atoms with van der Waals surface area (Å²) >= 11 is 0. The van der Waals surface area contributed by atoms with Gasteiger partial charge in [-0.1, -0.05) is 6.07 Å². The summed E-state index contributed by atoms with van der Waals surface area (Å²) in [6, 6.07) is 9.03. The van der Waals surface area contributed by atoms with Crippen LogP contribution in [0.5, 0.6) is 0 Å². The van der Waals surface area contributed by atoms with Crippen molar-refractivity contribution in [2.75, 3.05) is 11.9 Å². The Labute approximate surface area is 101 Å². The molecular formula is C13H16N2O2. The van der Waals surface area contributed by atoms with Crippen molar-refractivity contribution in [2.45, 2.75) is 26.3 Å². The second kappa shape index (κ2) is 5.35. The summed E-state index contributed by atoms with van der Waals surface area (Å²) in [7, 11) is 0. The van der Waals surface area contributed by atoms with Crippen molar-refractivity contribution in [3.05, 3.63) is 29.8 Å². The van der Waals surface area contributed by atoms with E-state index in [9.17, 15) is 4.79 Å². The number of carbonyl (C=O) groups excluding carboxylic acids is 1. The molecule has 0 bridgehead atoms. The van der Waals surface area contributed by atoms with Crippen LogP contribution >= 0.6 is 0 Å². The molecule has 0 aliphatic rings. The van der Waals surface area contributed by atoms with Crippen molar-refractivity contribution in [3.8, 4) is 6.07 Å². The van der Waals surface area contributed by atoms with Gasteiger partial charge in [0.2, 0.25) is 0 Å². The second-order valence-electron chi connectivity index (χ2n) is 4.16. The first-order valence-corrected chi connectivity index (χ1v) is 5.45. The molecule has 4 heteroatoms. The van der Waals surface area contributed by atoms with Crippen LogP contribution in [0, 0.1) is 11.3 Å². The van der Waals surface area contributed by atoms with Crippen molar-refractivity contribution in [2.24, 2.45) is 0 Å². The van der Waals surface area contributed by atoms with E-state index < -0.39 is 5.54 Å². The van der Waals surface area contributed by atoms with Gasteiger partial charge < -0.3 is 10.1 Å². The average Bonchev–Trinajstić information content (AvgIpc) is 2.29. The van der Waals surface area contributed by atoms with Crippen LogP contribution in [0.2, 0.25) is 0 Å². The molecule has 0 fully saturated rings. The zero-order chi connectivity index (χ0) is 12.9. The Bertz CT molecular complexity index is 447. The number of hydrogen-bond acceptors (Lipinski definition) is 4. The van der Waals surface area contributed by atoms with Crippen LogP contribution in [-0.4, -0.2) is 18.1 Å². The average molecular weight is 232 g/mol. The molecule has 0 aliphatic carbocycles. The fraction of sp³-hybridized carbons (Fsp3) is 0.385. The number of nitrogens with zero attached hydrogens (tertiary/aromatic N) is 1. The molecule has 0 saturated carbocycles. The molecule has 4 nitrogen and oxygen atoms in total. The predicted octanol–water partition coefficient (Wildman–Crippen LogP) is 2.31. The highest BCUT2D eigenvalue weighted by Gasteiger charge is 2.28. The normalized spacial score (nSPS) is 10.5. The molecule has 0 atom stereocenters. The molecule has 1 N–H and O–H groups in total. The highest BCUT2D eigenvalue weighted by Crippen LogP contribution is 2.17. The zero-order valence-corrected chi connectivity index (χ0v) is 10.3. The molecule has 0 spiro atoms. The Balaban J connectivity index is 2.82. The van der Waals surface area contributed by atoms with Crippen LogP contribution in [0.25, 0.3) is 0 Å². The number of rotatable bonds is 4. The topological polar surface area (TPSA) is 62.1 Å². The Morgan fingerprint density at radius 2 is 2.24 bits per heavy atom. The Morgan fingerprint density at radius 1 is 1.53 bits per heavy atom. The largest absolute Gasteiger partial charge is 0.464 e. The van der Waals surface area contributed by atoms with Gasteiger partial charge in [0.1, 0.15) is 5.54 Å². The van der Waals surface area contributed by atoms with Crippen molar-refractivity contribution in [3.63, 3.8) is 0 Å². The van der Waals surface area contributed by atoms with Gasteiger partial charge in [0, 0.05) is 5.69 Å². The van der Waals surface area contributed by atoms with E-state index in [-0.39, 0.29) is 5.97 Å². The molecule has 0 saturated heterocycles. The fourth-order valence-corrected chi connectivity index (χ4v) is 1.39. The van der Waals surface area contributed by atoms with E-state index in [2.05, 4.69) is 11.4 Å². The van der Waals surface area contributed by atoms with Gasteiger partial charge in [-0.15, -0.1) is 0 Å². The van der Waals surface area contributed by atoms with Gasteiger partial charge in [-0.2, -0.15) is 5.26 Å². The molecule has 0 aliphatic heterocycles. The maximum absolute atomic E-state index is 11.7. The lowest BCUT2D eigenvalue weighted by molar-refractivity contribution is -0.147. The number of anilines is 1. The summed E-state index contributed by atoms with van der Waals surface area (Å²) in [6.45, 7) is 5.60. The first-order chi connectivity index (χ1) is 7.99. The Hall–Kier alpha value is -2.02. The molecule has 0 heterocycles. The first kappa shape index (κ1) is 13.0. The van der Waals surface area contributed by atoms with Gasteiger partial charge in [0.05, 0.1) is 18.2 Å². The maximum Gasteiger partial charge on any atom is 0.331 e. The zero-order valence-electron chi connectivity index (χ0n) is 10.3. The number of nitrogens with one attached hydrogen (secondary N) is 1. The minimum atomic E-state index is -0.815. The van der Waals surface area contributed by atoms with Crippen LogP contribution in [0.4, 0.5) is 5.69 Å². The minimum Gasteiger partial charge on any atom is -0.464 e. The third-order valence-corrected chi connectivity index (χ3v) is 2.23. The Kier molecular flexibility index (Phi) is 4.11. The fourth-order valence-electron chi connectivity index (χ4n) is 1.39. The van der Waals surface area contributed by atoms with Crippen molar-refractivity contribution >= 4 is 11.7 Å². The standard InChI is InChI=1S/C13H16N2O2/c1-4-17-12(16)13(2,3)15-11-7-5-6-10(8-11)9-14/h5-8,15H,4H2,1-3H3. The van der Waals surface area contributed by atoms with E-state index in [0.29, 0.717) is 12.2 Å². The third kappa shape index (κ3) is 3.49. The van der Waals surface area contributed by atoms with E-state index in [1.807, 2.05) is 6.07 Å². The monoisotopic (exact) mass is 232 g/mol. The van der Waals surface area contributed by atoms with Crippen LogP contribution in [-0.2, 0) is 9.53 Å². The highest BCUT2D eigenvalue weighted by molar-refractivity contribution is 5.83. The minimum absolute atomic E-state index is 0.317. The molecule has 1 rings (SSSR count). The van der Waals surface area contributed by atoms with Crippen LogP contribution in [0.15, 0.2) is 24.3 Å². The number of ether oxygens (including phenoxy) is 1. The van der Waals surface area contributed by atoms with E-state index in [1.54, 1.807) is 39.0 Å². The number of benzene rings is 1. The lowest BCUT2D eigenvalue weighted by Gasteiger charge is -2.25. The number of esters is 1. The molecule has 1 aromatic rings. The van der Waals surface area contributed by atoms with Crippen molar-refractivity contribution < 1.29 is 9.53 Å². The van der Waals surface area contributed by atoms with Gasteiger partial charge in [-0.3, -0.25) is 0 Å². The molecule has 17 heavy (non-hydrogen) atoms. The van der Waals surface area contributed by atoms with Gasteiger partial charge in [-0.25, -0.2) is 4.79 Å². The molecule has 0 unspecified atom stereocenters. The summed E-state index contributed by atoms with van der Waals surface area (Å²) in [5.41, 5.74) is 0.459. The van der Waals surface area contributed by atoms with Crippen LogP contribution in [0.1, 0.15) is 26.3 Å². The second-order valence-corrected chi connectivity index (χ2v) is 4.16. The van der Waals surface area contributed by atoms with E-state index >= 15 is 0 Å². The predicted molar refractivity (Wildman–Crippen MR) is 65.5 cm³/mol. The summed E-state index contributed by atoms with van der Waals surface area (Å²) in [6.07, 6.45) is 0. The molecule has 0 aromatic heterocycles. The van der Waals surface area contributed by atoms with E-state index in [0.717, 1.165) is 5.69 Å². The van der Waals surface area contributed by atoms with Gasteiger partial charge >= 0.3 is 5.97 Å². The SMILES string of the molecule is CCOC(=O)C(C)(C)Nc1cccc(C#N)c1. The van der Waals surface area contributed by atoms with Crippen LogP contribution in [0.3, 0.4) is 0 Å². The number of hydrogen-bond donors (Lipinski definition) is 1. The lowest BCUT2D eigenvalue weighted by Crippen LogP contribution is -2.41. The molecule has 0 amide bonds. The maximum atomic E-state index is 11.7. The smallest absolute Gasteiger partial charge is 0.331 e. The quantitative estimate of drug-likeness (QED) is 0.809. The van der Waals surface area contributed by atoms with Crippen molar-refractivity contribution in [1.29, 1.82) is 5.26 Å². The summed E-state index contributed by atoms with van der Waals surface area (Å²) in [5, 5.41) is 11.8. The highest BCUT2D eigenvalue weighted by atomic mass is 16.5. The summed E-state index contributed by atoms with van der Waals surface area (Å²) in [5.74, 6) is -0.317. The number of carbonyl (C=O) groups is 1. The van der Waals surface area contributed by atoms with Crippen molar-refractivity contribution in [1.82, 2.24) is 0 Å². The van der Waals surface area contributed by atoms with Crippen LogP contribution < -0.4 is 5.32 Å². The number of nitriles is 1. The molecule has 1 aromatic carbocycles. The van der Waals surface area contributed by atoms with Gasteiger partial charge in [0.25, 0.3) is 0 Å². The van der Waals surface area contributed by atoms with Gasteiger partial charge in [0.15, 0.2) is 0 Å². The third-order valence-electron chi connectivity index (χ3n) is 2.23.